The maximum atomic E-state index is 11.8. The van der Waals surface area contributed by atoms with E-state index in [0.717, 1.165) is 16.5 Å². The van der Waals surface area contributed by atoms with Crippen molar-refractivity contribution in [3.8, 4) is 11.8 Å². The normalized spacial score (nSPS) is 12.9. The highest BCUT2D eigenvalue weighted by atomic mass is 35.5. The zero-order valence-corrected chi connectivity index (χ0v) is 13.7. The van der Waals surface area contributed by atoms with Crippen LogP contribution in [-0.4, -0.2) is 16.1 Å². The average molecular weight is 336 g/mol. The van der Waals surface area contributed by atoms with E-state index >= 15 is 0 Å². The molecular formula is C20H14ClNO2. The Hall–Kier alpha value is -2.83. The molecule has 1 aromatic heterocycles. The standard InChI is InChI=1S/C20H14ClNO2/c1-20(19(23)24,15-5-3-2-4-6-15)11-9-14-10-12-22-18-13-16(21)7-8-17(14)18/h2-8,10,12-13H,1H3,(H,23,24). The average Bonchev–Trinajstić information content (AvgIpc) is 2.59. The van der Waals surface area contributed by atoms with Crippen molar-refractivity contribution < 1.29 is 9.90 Å². The van der Waals surface area contributed by atoms with Crippen molar-refractivity contribution in [2.45, 2.75) is 12.3 Å². The molecule has 2 aromatic carbocycles. The second-order valence-corrected chi connectivity index (χ2v) is 6.00. The first-order valence-electron chi connectivity index (χ1n) is 7.37. The number of benzene rings is 2. The number of fused-ring (bicyclic) bond motifs is 1. The maximum Gasteiger partial charge on any atom is 0.326 e. The van der Waals surface area contributed by atoms with E-state index in [0.29, 0.717) is 10.6 Å². The van der Waals surface area contributed by atoms with Gasteiger partial charge in [-0.25, -0.2) is 0 Å². The molecule has 3 rings (SSSR count). The smallest absolute Gasteiger partial charge is 0.326 e. The molecule has 1 atom stereocenters. The Kier molecular flexibility index (Phi) is 4.24. The molecule has 0 fully saturated rings. The highest BCUT2D eigenvalue weighted by Crippen LogP contribution is 2.24. The number of rotatable bonds is 2. The third-order valence-electron chi connectivity index (χ3n) is 3.93. The molecule has 0 saturated carbocycles. The van der Waals surface area contributed by atoms with Crippen LogP contribution in [0.15, 0.2) is 60.8 Å². The van der Waals surface area contributed by atoms with Crippen LogP contribution in [0.1, 0.15) is 18.1 Å². The van der Waals surface area contributed by atoms with Gasteiger partial charge in [0.1, 0.15) is 0 Å². The predicted octanol–water partition coefficient (Wildman–Crippen LogP) is 4.28. The van der Waals surface area contributed by atoms with E-state index in [4.69, 9.17) is 11.6 Å². The second kappa shape index (κ2) is 6.35. The molecule has 0 aliphatic rings. The molecule has 24 heavy (non-hydrogen) atoms. The summed E-state index contributed by atoms with van der Waals surface area (Å²) >= 11 is 5.99. The Bertz CT molecular complexity index is 973. The van der Waals surface area contributed by atoms with Crippen LogP contribution in [0, 0.1) is 11.8 Å². The Morgan fingerprint density at radius 2 is 1.92 bits per heavy atom. The Morgan fingerprint density at radius 1 is 1.17 bits per heavy atom. The van der Waals surface area contributed by atoms with Crippen LogP contribution in [0.4, 0.5) is 0 Å². The lowest BCUT2D eigenvalue weighted by Crippen LogP contribution is -2.30. The summed E-state index contributed by atoms with van der Waals surface area (Å²) in [6.45, 7) is 1.61. The minimum absolute atomic E-state index is 0.597. The lowest BCUT2D eigenvalue weighted by atomic mass is 9.83. The number of hydrogen-bond acceptors (Lipinski definition) is 2. The van der Waals surface area contributed by atoms with E-state index < -0.39 is 11.4 Å². The van der Waals surface area contributed by atoms with Crippen LogP contribution in [0.2, 0.25) is 5.02 Å². The van der Waals surface area contributed by atoms with Crippen molar-refractivity contribution in [1.82, 2.24) is 4.98 Å². The van der Waals surface area contributed by atoms with E-state index in [9.17, 15) is 9.90 Å². The Balaban J connectivity index is 2.12. The summed E-state index contributed by atoms with van der Waals surface area (Å²) in [7, 11) is 0. The predicted molar refractivity (Wildman–Crippen MR) is 95.1 cm³/mol. The molecule has 0 saturated heterocycles. The maximum absolute atomic E-state index is 11.8. The number of carbonyl (C=O) groups is 1. The van der Waals surface area contributed by atoms with Crippen molar-refractivity contribution in [3.63, 3.8) is 0 Å². The van der Waals surface area contributed by atoms with Crippen molar-refractivity contribution in [1.29, 1.82) is 0 Å². The molecule has 0 aliphatic heterocycles. The van der Waals surface area contributed by atoms with E-state index in [-0.39, 0.29) is 0 Å². The minimum Gasteiger partial charge on any atom is -0.480 e. The van der Waals surface area contributed by atoms with E-state index in [2.05, 4.69) is 16.8 Å². The Labute approximate surface area is 144 Å². The summed E-state index contributed by atoms with van der Waals surface area (Å²) in [5, 5.41) is 11.1. The molecule has 0 spiro atoms. The van der Waals surface area contributed by atoms with E-state index in [1.54, 1.807) is 43.5 Å². The molecule has 3 nitrogen and oxygen atoms in total. The first-order valence-corrected chi connectivity index (χ1v) is 7.75. The van der Waals surface area contributed by atoms with Crippen LogP contribution in [-0.2, 0) is 10.2 Å². The molecule has 0 aliphatic carbocycles. The molecule has 3 aromatic rings. The summed E-state index contributed by atoms with van der Waals surface area (Å²) in [5.74, 6) is 4.95. The highest BCUT2D eigenvalue weighted by Gasteiger charge is 2.33. The number of hydrogen-bond donors (Lipinski definition) is 1. The quantitative estimate of drug-likeness (QED) is 0.711. The van der Waals surface area contributed by atoms with Gasteiger partial charge in [-0.3, -0.25) is 9.78 Å². The summed E-state index contributed by atoms with van der Waals surface area (Å²) in [6, 6.07) is 16.1. The SMILES string of the molecule is CC(C#Cc1ccnc2cc(Cl)ccc12)(C(=O)O)c1ccccc1. The van der Waals surface area contributed by atoms with Crippen molar-refractivity contribution in [3.05, 3.63) is 76.9 Å². The molecular weight excluding hydrogens is 322 g/mol. The fraction of sp³-hybridized carbons (Fsp3) is 0.100. The third-order valence-corrected chi connectivity index (χ3v) is 4.17. The number of carboxylic acid groups (broad SMARTS) is 1. The van der Waals surface area contributed by atoms with Crippen LogP contribution in [0.5, 0.6) is 0 Å². The van der Waals surface area contributed by atoms with Crippen molar-refractivity contribution in [2.75, 3.05) is 0 Å². The van der Waals surface area contributed by atoms with Crippen LogP contribution in [0.3, 0.4) is 0 Å². The zero-order valence-electron chi connectivity index (χ0n) is 13.0. The topological polar surface area (TPSA) is 50.2 Å². The molecule has 0 amide bonds. The summed E-state index contributed by atoms with van der Waals surface area (Å²) in [4.78, 5) is 16.1. The number of pyridine rings is 1. The monoisotopic (exact) mass is 335 g/mol. The van der Waals surface area contributed by atoms with Gasteiger partial charge in [0.2, 0.25) is 0 Å². The summed E-state index contributed by atoms with van der Waals surface area (Å²) in [6.07, 6.45) is 1.64. The van der Waals surface area contributed by atoms with Gasteiger partial charge in [0.05, 0.1) is 5.52 Å². The number of aromatic nitrogens is 1. The van der Waals surface area contributed by atoms with Gasteiger partial charge in [-0.2, -0.15) is 0 Å². The molecule has 118 valence electrons. The number of nitrogens with zero attached hydrogens (tertiary/aromatic N) is 1. The number of aliphatic carboxylic acids is 1. The molecule has 4 heteroatoms. The van der Waals surface area contributed by atoms with Crippen molar-refractivity contribution >= 4 is 28.5 Å². The lowest BCUT2D eigenvalue weighted by molar-refractivity contribution is -0.140. The van der Waals surface area contributed by atoms with Gasteiger partial charge in [0.15, 0.2) is 5.41 Å². The van der Waals surface area contributed by atoms with E-state index in [1.165, 1.54) is 0 Å². The van der Waals surface area contributed by atoms with Gasteiger partial charge < -0.3 is 5.11 Å². The minimum atomic E-state index is -1.29. The van der Waals surface area contributed by atoms with E-state index in [1.807, 2.05) is 24.3 Å². The van der Waals surface area contributed by atoms with Crippen LogP contribution < -0.4 is 0 Å². The number of carboxylic acids is 1. The first-order chi connectivity index (χ1) is 11.5. The van der Waals surface area contributed by atoms with Crippen LogP contribution in [0.25, 0.3) is 10.9 Å². The third kappa shape index (κ3) is 2.97. The van der Waals surface area contributed by atoms with Gasteiger partial charge >= 0.3 is 5.97 Å². The van der Waals surface area contributed by atoms with Gasteiger partial charge in [0, 0.05) is 22.2 Å². The summed E-state index contributed by atoms with van der Waals surface area (Å²) in [5.41, 5.74) is 0.807. The fourth-order valence-electron chi connectivity index (χ4n) is 2.44. The molecule has 1 N–H and O–H groups in total. The van der Waals surface area contributed by atoms with Gasteiger partial charge in [0.25, 0.3) is 0 Å². The Morgan fingerprint density at radius 3 is 2.62 bits per heavy atom. The molecule has 0 radical (unpaired) electrons. The number of halogens is 1. The zero-order chi connectivity index (χ0) is 17.2. The molecule has 1 unspecified atom stereocenters. The highest BCUT2D eigenvalue weighted by molar-refractivity contribution is 6.31. The fourth-order valence-corrected chi connectivity index (χ4v) is 2.61. The second-order valence-electron chi connectivity index (χ2n) is 5.57. The molecule has 1 heterocycles. The largest absolute Gasteiger partial charge is 0.480 e. The van der Waals surface area contributed by atoms with Gasteiger partial charge in [-0.05, 0) is 30.7 Å². The van der Waals surface area contributed by atoms with Gasteiger partial charge in [-0.1, -0.05) is 59.8 Å². The van der Waals surface area contributed by atoms with Crippen LogP contribution >= 0.6 is 11.6 Å². The summed E-state index contributed by atoms with van der Waals surface area (Å²) < 4.78 is 0. The van der Waals surface area contributed by atoms with Gasteiger partial charge in [-0.15, -0.1) is 0 Å². The van der Waals surface area contributed by atoms with Crippen molar-refractivity contribution in [2.24, 2.45) is 0 Å². The molecule has 0 bridgehead atoms. The lowest BCUT2D eigenvalue weighted by Gasteiger charge is -2.18. The first kappa shape index (κ1) is 16.0.